The minimum atomic E-state index is -0.718. The zero-order chi connectivity index (χ0) is 22.4. The first-order valence-corrected chi connectivity index (χ1v) is 9.62. The number of rotatable bonds is 6. The summed E-state index contributed by atoms with van der Waals surface area (Å²) in [5.74, 6) is -1.96. The van der Waals surface area contributed by atoms with Gasteiger partial charge in [0.25, 0.3) is 11.8 Å². The van der Waals surface area contributed by atoms with Crippen LogP contribution in [0, 0.1) is 5.82 Å². The summed E-state index contributed by atoms with van der Waals surface area (Å²) >= 11 is 5.93. The molecule has 8 heteroatoms. The van der Waals surface area contributed by atoms with E-state index in [0.29, 0.717) is 16.8 Å². The second-order valence-corrected chi connectivity index (χ2v) is 6.96. The van der Waals surface area contributed by atoms with Crippen LogP contribution in [-0.2, 0) is 11.3 Å². The minimum absolute atomic E-state index is 0.0110. The molecule has 0 heterocycles. The Hall–Kier alpha value is -3.71. The van der Waals surface area contributed by atoms with Crippen molar-refractivity contribution >= 4 is 35.1 Å². The van der Waals surface area contributed by atoms with Gasteiger partial charge in [0.05, 0.1) is 10.6 Å². The molecular weight excluding hydrogens is 423 g/mol. The summed E-state index contributed by atoms with van der Waals surface area (Å²) in [5, 5.41) is 5.36. The highest BCUT2D eigenvalue weighted by molar-refractivity contribution is 6.34. The number of amides is 2. The Balaban J connectivity index is 1.65. The first-order valence-electron chi connectivity index (χ1n) is 9.24. The predicted molar refractivity (Wildman–Crippen MR) is 115 cm³/mol. The normalized spacial score (nSPS) is 10.3. The van der Waals surface area contributed by atoms with Gasteiger partial charge in [0, 0.05) is 24.7 Å². The molecule has 3 rings (SSSR count). The van der Waals surface area contributed by atoms with Crippen molar-refractivity contribution in [2.75, 3.05) is 5.32 Å². The van der Waals surface area contributed by atoms with E-state index in [1.807, 2.05) is 0 Å². The Morgan fingerprint density at radius 3 is 2.45 bits per heavy atom. The van der Waals surface area contributed by atoms with E-state index in [1.165, 1.54) is 25.1 Å². The fourth-order valence-electron chi connectivity index (χ4n) is 2.82. The summed E-state index contributed by atoms with van der Waals surface area (Å²) in [4.78, 5) is 35.8. The molecule has 0 aromatic heterocycles. The van der Waals surface area contributed by atoms with Crippen molar-refractivity contribution in [1.29, 1.82) is 0 Å². The molecule has 0 saturated heterocycles. The van der Waals surface area contributed by atoms with E-state index in [-0.39, 0.29) is 28.8 Å². The topological polar surface area (TPSA) is 84.5 Å². The van der Waals surface area contributed by atoms with E-state index >= 15 is 0 Å². The van der Waals surface area contributed by atoms with Crippen LogP contribution in [0.2, 0.25) is 5.02 Å². The van der Waals surface area contributed by atoms with Gasteiger partial charge in [-0.1, -0.05) is 35.9 Å². The molecule has 31 heavy (non-hydrogen) atoms. The minimum Gasteiger partial charge on any atom is -0.427 e. The predicted octanol–water partition coefficient (Wildman–Crippen LogP) is 4.59. The van der Waals surface area contributed by atoms with Gasteiger partial charge in [-0.3, -0.25) is 14.4 Å². The molecule has 0 spiro atoms. The molecule has 0 atom stereocenters. The smallest absolute Gasteiger partial charge is 0.308 e. The van der Waals surface area contributed by atoms with Gasteiger partial charge in [0.15, 0.2) is 0 Å². The molecular formula is C23H18ClFN2O4. The van der Waals surface area contributed by atoms with Crippen LogP contribution in [0.4, 0.5) is 10.1 Å². The zero-order valence-corrected chi connectivity index (χ0v) is 17.2. The maximum atomic E-state index is 13.9. The van der Waals surface area contributed by atoms with Crippen molar-refractivity contribution in [2.45, 2.75) is 13.5 Å². The number of hydrogen-bond donors (Lipinski definition) is 2. The third kappa shape index (κ3) is 5.90. The van der Waals surface area contributed by atoms with Gasteiger partial charge in [-0.2, -0.15) is 0 Å². The molecule has 0 fully saturated rings. The molecule has 0 aliphatic heterocycles. The molecule has 3 aromatic rings. The molecule has 0 saturated carbocycles. The lowest BCUT2D eigenvalue weighted by Crippen LogP contribution is -2.23. The number of anilines is 1. The van der Waals surface area contributed by atoms with Gasteiger partial charge in [-0.05, 0) is 48.0 Å². The van der Waals surface area contributed by atoms with Gasteiger partial charge in [0.1, 0.15) is 11.6 Å². The fourth-order valence-corrected chi connectivity index (χ4v) is 3.07. The van der Waals surface area contributed by atoms with Crippen molar-refractivity contribution in [1.82, 2.24) is 5.32 Å². The van der Waals surface area contributed by atoms with E-state index in [4.69, 9.17) is 16.3 Å². The summed E-state index contributed by atoms with van der Waals surface area (Å²) in [6, 6.07) is 17.0. The van der Waals surface area contributed by atoms with Crippen molar-refractivity contribution < 1.29 is 23.5 Å². The number of halogens is 2. The largest absolute Gasteiger partial charge is 0.427 e. The van der Waals surface area contributed by atoms with Crippen molar-refractivity contribution in [3.63, 3.8) is 0 Å². The first-order chi connectivity index (χ1) is 14.8. The van der Waals surface area contributed by atoms with Gasteiger partial charge in [-0.25, -0.2) is 4.39 Å². The van der Waals surface area contributed by atoms with Crippen LogP contribution in [0.15, 0.2) is 66.7 Å². The van der Waals surface area contributed by atoms with Gasteiger partial charge < -0.3 is 15.4 Å². The van der Waals surface area contributed by atoms with Crippen LogP contribution in [0.3, 0.4) is 0 Å². The number of hydrogen-bond acceptors (Lipinski definition) is 4. The number of nitrogens with one attached hydrogen (secondary N) is 2. The van der Waals surface area contributed by atoms with E-state index in [1.54, 1.807) is 42.5 Å². The van der Waals surface area contributed by atoms with Crippen LogP contribution < -0.4 is 15.4 Å². The monoisotopic (exact) mass is 440 g/mol. The van der Waals surface area contributed by atoms with E-state index < -0.39 is 17.7 Å². The lowest BCUT2D eigenvalue weighted by Gasteiger charge is -2.10. The van der Waals surface area contributed by atoms with Crippen molar-refractivity contribution in [2.24, 2.45) is 0 Å². The van der Waals surface area contributed by atoms with Gasteiger partial charge in [0.2, 0.25) is 0 Å². The third-order valence-electron chi connectivity index (χ3n) is 4.19. The molecule has 3 aromatic carbocycles. The average molecular weight is 441 g/mol. The number of carbonyl (C=O) groups is 3. The first kappa shape index (κ1) is 22.0. The SMILES string of the molecule is CC(=O)Oc1cccc(C(=O)NCc2cccc(NC(=O)c3c(F)cccc3Cl)c2)c1. The zero-order valence-electron chi connectivity index (χ0n) is 16.4. The number of carbonyl (C=O) groups excluding carboxylic acids is 3. The summed E-state index contributed by atoms with van der Waals surface area (Å²) in [6.45, 7) is 1.46. The molecule has 0 bridgehead atoms. The third-order valence-corrected chi connectivity index (χ3v) is 4.50. The second-order valence-electron chi connectivity index (χ2n) is 6.56. The van der Waals surface area contributed by atoms with Gasteiger partial charge >= 0.3 is 5.97 Å². The highest BCUT2D eigenvalue weighted by Gasteiger charge is 2.16. The lowest BCUT2D eigenvalue weighted by molar-refractivity contribution is -0.131. The lowest BCUT2D eigenvalue weighted by atomic mass is 10.1. The summed E-state index contributed by atoms with van der Waals surface area (Å²) in [6.07, 6.45) is 0. The maximum Gasteiger partial charge on any atom is 0.308 e. The van der Waals surface area contributed by atoms with Crippen LogP contribution in [0.1, 0.15) is 33.2 Å². The van der Waals surface area contributed by atoms with Crippen LogP contribution >= 0.6 is 11.6 Å². The quantitative estimate of drug-likeness (QED) is 0.434. The van der Waals surface area contributed by atoms with Gasteiger partial charge in [-0.15, -0.1) is 0 Å². The average Bonchev–Trinajstić information content (AvgIpc) is 2.72. The number of esters is 1. The highest BCUT2D eigenvalue weighted by atomic mass is 35.5. The Bertz CT molecular complexity index is 1130. The highest BCUT2D eigenvalue weighted by Crippen LogP contribution is 2.21. The van der Waals surface area contributed by atoms with Crippen molar-refractivity contribution in [3.8, 4) is 5.75 Å². The molecule has 6 nitrogen and oxygen atoms in total. The molecule has 0 aliphatic rings. The van der Waals surface area contributed by atoms with Crippen LogP contribution in [-0.4, -0.2) is 17.8 Å². The summed E-state index contributed by atoms with van der Waals surface area (Å²) < 4.78 is 18.9. The van der Waals surface area contributed by atoms with E-state index in [0.717, 1.165) is 6.07 Å². The molecule has 158 valence electrons. The summed E-state index contributed by atoms with van der Waals surface area (Å²) in [7, 11) is 0. The Morgan fingerprint density at radius 1 is 0.968 bits per heavy atom. The summed E-state index contributed by atoms with van der Waals surface area (Å²) in [5.41, 5.74) is 1.22. The Kier molecular flexibility index (Phi) is 6.99. The molecule has 0 unspecified atom stereocenters. The number of benzene rings is 3. The molecule has 2 N–H and O–H groups in total. The number of ether oxygens (including phenoxy) is 1. The van der Waals surface area contributed by atoms with E-state index in [9.17, 15) is 18.8 Å². The van der Waals surface area contributed by atoms with Crippen LogP contribution in [0.5, 0.6) is 5.75 Å². The Morgan fingerprint density at radius 2 is 1.71 bits per heavy atom. The molecule has 0 aliphatic carbocycles. The van der Waals surface area contributed by atoms with Crippen molar-refractivity contribution in [3.05, 3.63) is 94.3 Å². The molecule has 2 amide bonds. The fraction of sp³-hybridized carbons (Fsp3) is 0.0870. The Labute approximate surface area is 183 Å². The van der Waals surface area contributed by atoms with Crippen LogP contribution in [0.25, 0.3) is 0 Å². The molecule has 0 radical (unpaired) electrons. The van der Waals surface area contributed by atoms with E-state index in [2.05, 4.69) is 10.6 Å². The maximum absolute atomic E-state index is 13.9. The standard InChI is InChI=1S/C23H18ClFN2O4/c1-14(28)31-18-8-3-6-16(12-18)22(29)26-13-15-5-2-7-17(11-15)27-23(30)21-19(24)9-4-10-20(21)25/h2-12H,13H2,1H3,(H,26,29)(H,27,30). The second kappa shape index (κ2) is 9.86.